The Bertz CT molecular complexity index is 499. The van der Waals surface area contributed by atoms with Gasteiger partial charge in [-0.1, -0.05) is 12.1 Å². The Morgan fingerprint density at radius 3 is 2.94 bits per heavy atom. The van der Waals surface area contributed by atoms with Crippen LogP contribution in [0.4, 0.5) is 0 Å². The second-order valence-electron chi connectivity index (χ2n) is 3.55. The van der Waals surface area contributed by atoms with E-state index in [1.807, 2.05) is 6.92 Å². The minimum Gasteiger partial charge on any atom is -0.285 e. The predicted octanol–water partition coefficient (Wildman–Crippen LogP) is 0.653. The minimum atomic E-state index is -0.140. The number of carbonyl (C=O) groups excluding carboxylic acids is 1. The third-order valence-electron chi connectivity index (χ3n) is 2.23. The maximum Gasteiger partial charge on any atom is 0.232 e. The van der Waals surface area contributed by atoms with Gasteiger partial charge in [0.1, 0.15) is 11.4 Å². The maximum atomic E-state index is 12.0. The van der Waals surface area contributed by atoms with E-state index in [-0.39, 0.29) is 5.78 Å². The third-order valence-corrected chi connectivity index (χ3v) is 2.23. The topological polar surface area (TPSA) is 65.6 Å². The number of aromatic nitrogens is 5. The molecule has 0 spiro atoms. The van der Waals surface area contributed by atoms with Gasteiger partial charge in [0.05, 0.1) is 6.20 Å². The summed E-state index contributed by atoms with van der Waals surface area (Å²) < 4.78 is 3.21. The van der Waals surface area contributed by atoms with Crippen LogP contribution in [0.15, 0.2) is 18.5 Å². The van der Waals surface area contributed by atoms with Crippen LogP contribution in [0.3, 0.4) is 0 Å². The molecule has 2 aromatic heterocycles. The molecule has 0 N–H and O–H groups in total. The molecular weight excluding hydrogens is 206 g/mol. The lowest BCUT2D eigenvalue weighted by molar-refractivity contribution is 0.102. The number of hydrogen-bond acceptors (Lipinski definition) is 4. The summed E-state index contributed by atoms with van der Waals surface area (Å²) in [6, 6.07) is 1.69. The molecule has 16 heavy (non-hydrogen) atoms. The van der Waals surface area contributed by atoms with Crippen molar-refractivity contribution in [1.82, 2.24) is 24.8 Å². The molecule has 0 saturated heterocycles. The van der Waals surface area contributed by atoms with Gasteiger partial charge in [-0.15, -0.1) is 5.10 Å². The van der Waals surface area contributed by atoms with Crippen LogP contribution in [-0.4, -0.2) is 30.6 Å². The van der Waals surface area contributed by atoms with Gasteiger partial charge in [0.15, 0.2) is 0 Å². The van der Waals surface area contributed by atoms with Crippen molar-refractivity contribution >= 4 is 5.78 Å². The van der Waals surface area contributed by atoms with Crippen molar-refractivity contribution in [2.24, 2.45) is 7.05 Å². The molecule has 0 aliphatic rings. The zero-order valence-corrected chi connectivity index (χ0v) is 9.29. The van der Waals surface area contributed by atoms with Gasteiger partial charge in [0.25, 0.3) is 0 Å². The second-order valence-corrected chi connectivity index (χ2v) is 3.55. The lowest BCUT2D eigenvalue weighted by atomic mass is 10.2. The highest BCUT2D eigenvalue weighted by molar-refractivity contribution is 6.06. The number of hydrogen-bond donors (Lipinski definition) is 0. The number of ketones is 1. The fourth-order valence-electron chi connectivity index (χ4n) is 1.48. The highest BCUT2D eigenvalue weighted by atomic mass is 16.1. The van der Waals surface area contributed by atoms with Crippen molar-refractivity contribution in [2.45, 2.75) is 19.9 Å². The van der Waals surface area contributed by atoms with Gasteiger partial charge in [0, 0.05) is 19.8 Å². The third kappa shape index (κ3) is 1.86. The summed E-state index contributed by atoms with van der Waals surface area (Å²) in [6.45, 7) is 2.71. The zero-order valence-electron chi connectivity index (χ0n) is 9.29. The normalized spacial score (nSPS) is 10.6. The van der Waals surface area contributed by atoms with Crippen LogP contribution in [0.2, 0.25) is 0 Å². The molecule has 0 aliphatic heterocycles. The molecule has 0 radical (unpaired) electrons. The molecule has 2 aromatic rings. The summed E-state index contributed by atoms with van der Waals surface area (Å²) in [6.07, 6.45) is 4.12. The van der Waals surface area contributed by atoms with Gasteiger partial charge >= 0.3 is 0 Å². The average Bonchev–Trinajstić information content (AvgIpc) is 2.87. The van der Waals surface area contributed by atoms with Crippen molar-refractivity contribution < 1.29 is 4.79 Å². The average molecular weight is 219 g/mol. The monoisotopic (exact) mass is 219 g/mol. The molecule has 2 rings (SSSR count). The van der Waals surface area contributed by atoms with Crippen LogP contribution in [0, 0.1) is 0 Å². The van der Waals surface area contributed by atoms with E-state index in [0.717, 1.165) is 6.42 Å². The molecule has 0 saturated carbocycles. The van der Waals surface area contributed by atoms with Crippen molar-refractivity contribution in [3.63, 3.8) is 0 Å². The highest BCUT2D eigenvalue weighted by Gasteiger charge is 2.17. The van der Waals surface area contributed by atoms with E-state index in [2.05, 4.69) is 15.4 Å². The molecular formula is C10H13N5O. The van der Waals surface area contributed by atoms with Crippen LogP contribution >= 0.6 is 0 Å². The predicted molar refractivity (Wildman–Crippen MR) is 57.0 cm³/mol. The highest BCUT2D eigenvalue weighted by Crippen LogP contribution is 2.06. The van der Waals surface area contributed by atoms with E-state index in [9.17, 15) is 4.79 Å². The Hall–Kier alpha value is -1.98. The quantitative estimate of drug-likeness (QED) is 0.708. The van der Waals surface area contributed by atoms with Crippen LogP contribution < -0.4 is 0 Å². The molecule has 0 aliphatic carbocycles. The van der Waals surface area contributed by atoms with E-state index in [1.54, 1.807) is 28.7 Å². The molecule has 0 amide bonds. The van der Waals surface area contributed by atoms with Gasteiger partial charge in [-0.05, 0) is 12.5 Å². The standard InChI is InChI=1S/C10H13N5O/c1-3-5-15-9(7-11-13-15)10(16)8-4-6-14(2)12-8/h4,6-7H,3,5H2,1-2H3. The van der Waals surface area contributed by atoms with Crippen molar-refractivity contribution in [1.29, 1.82) is 0 Å². The molecule has 0 atom stereocenters. The zero-order chi connectivity index (χ0) is 11.5. The largest absolute Gasteiger partial charge is 0.285 e. The maximum absolute atomic E-state index is 12.0. The van der Waals surface area contributed by atoms with E-state index in [1.165, 1.54) is 6.20 Å². The Kier molecular flexibility index (Phi) is 2.80. The summed E-state index contributed by atoms with van der Waals surface area (Å²) in [5.74, 6) is -0.140. The molecule has 0 fully saturated rings. The first kappa shape index (κ1) is 10.5. The van der Waals surface area contributed by atoms with Gasteiger partial charge < -0.3 is 0 Å². The van der Waals surface area contributed by atoms with Crippen molar-refractivity contribution in [3.8, 4) is 0 Å². The Labute approximate surface area is 92.9 Å². The summed E-state index contributed by atoms with van der Waals surface area (Å²) in [5.41, 5.74) is 0.905. The molecule has 6 heteroatoms. The fourth-order valence-corrected chi connectivity index (χ4v) is 1.48. The van der Waals surface area contributed by atoms with Gasteiger partial charge in [-0.2, -0.15) is 5.10 Å². The SMILES string of the molecule is CCCn1nncc1C(=O)c1ccn(C)n1. The fraction of sp³-hybridized carbons (Fsp3) is 0.400. The molecule has 6 nitrogen and oxygen atoms in total. The van der Waals surface area contributed by atoms with E-state index >= 15 is 0 Å². The lowest BCUT2D eigenvalue weighted by Crippen LogP contribution is -2.12. The van der Waals surface area contributed by atoms with Crippen molar-refractivity contribution in [3.05, 3.63) is 29.8 Å². The smallest absolute Gasteiger partial charge is 0.232 e. The molecule has 0 aromatic carbocycles. The van der Waals surface area contributed by atoms with E-state index in [4.69, 9.17) is 0 Å². The van der Waals surface area contributed by atoms with Crippen LogP contribution in [0.25, 0.3) is 0 Å². The molecule has 84 valence electrons. The number of carbonyl (C=O) groups is 1. The molecule has 0 unspecified atom stereocenters. The van der Waals surface area contributed by atoms with E-state index < -0.39 is 0 Å². The molecule has 2 heterocycles. The van der Waals surface area contributed by atoms with Gasteiger partial charge in [-0.3, -0.25) is 9.48 Å². The summed E-state index contributed by atoms with van der Waals surface area (Å²) >= 11 is 0. The summed E-state index contributed by atoms with van der Waals surface area (Å²) in [7, 11) is 1.78. The van der Waals surface area contributed by atoms with Gasteiger partial charge in [0.2, 0.25) is 5.78 Å². The molecule has 0 bridgehead atoms. The Morgan fingerprint density at radius 2 is 2.31 bits per heavy atom. The lowest BCUT2D eigenvalue weighted by Gasteiger charge is -2.01. The summed E-state index contributed by atoms with van der Waals surface area (Å²) in [4.78, 5) is 12.0. The second kappa shape index (κ2) is 4.26. The number of nitrogens with zero attached hydrogens (tertiary/aromatic N) is 5. The van der Waals surface area contributed by atoms with Crippen LogP contribution in [0.5, 0.6) is 0 Å². The first-order valence-electron chi connectivity index (χ1n) is 5.15. The Balaban J connectivity index is 2.30. The van der Waals surface area contributed by atoms with E-state index in [0.29, 0.717) is 17.9 Å². The van der Waals surface area contributed by atoms with Gasteiger partial charge in [-0.25, -0.2) is 4.68 Å². The summed E-state index contributed by atoms with van der Waals surface area (Å²) in [5, 5.41) is 11.7. The van der Waals surface area contributed by atoms with Crippen LogP contribution in [-0.2, 0) is 13.6 Å². The number of aryl methyl sites for hydroxylation is 2. The van der Waals surface area contributed by atoms with Crippen LogP contribution in [0.1, 0.15) is 29.5 Å². The van der Waals surface area contributed by atoms with Crippen molar-refractivity contribution in [2.75, 3.05) is 0 Å². The first-order valence-corrected chi connectivity index (χ1v) is 5.15. The minimum absolute atomic E-state index is 0.140. The number of rotatable bonds is 4. The first-order chi connectivity index (χ1) is 7.72. The Morgan fingerprint density at radius 1 is 1.50 bits per heavy atom.